The second kappa shape index (κ2) is 7.49. The molecule has 14 heavy (non-hydrogen) atoms. The predicted octanol–water partition coefficient (Wildman–Crippen LogP) is 3.74. The van der Waals surface area contributed by atoms with Crippen molar-refractivity contribution >= 4 is 8.07 Å². The van der Waals surface area contributed by atoms with Gasteiger partial charge in [-0.2, -0.15) is 0 Å². The van der Waals surface area contributed by atoms with Crippen LogP contribution in [-0.2, 0) is 0 Å². The summed E-state index contributed by atoms with van der Waals surface area (Å²) in [5, 5.41) is 3.46. The lowest BCUT2D eigenvalue weighted by Gasteiger charge is -2.19. The zero-order valence-electron chi connectivity index (χ0n) is 9.38. The van der Waals surface area contributed by atoms with Crippen molar-refractivity contribution in [2.45, 2.75) is 45.3 Å². The molecular weight excluding hydrogens is 190 g/mol. The maximum atomic E-state index is 8.08. The highest BCUT2D eigenvalue weighted by molar-refractivity contribution is 6.87. The molecule has 0 unspecified atom stereocenters. The second-order valence-electron chi connectivity index (χ2n) is 3.35. The van der Waals surface area contributed by atoms with E-state index in [0.29, 0.717) is 13.0 Å². The van der Waals surface area contributed by atoms with Crippen LogP contribution in [0.25, 0.3) is 10.4 Å². The zero-order chi connectivity index (χ0) is 10.9. The molecule has 0 atom stereocenters. The normalized spacial score (nSPS) is 9.93. The average Bonchev–Trinajstić information content (AvgIpc) is 2.24. The quantitative estimate of drug-likeness (QED) is 0.165. The molecule has 0 aliphatic heterocycles. The summed E-state index contributed by atoms with van der Waals surface area (Å²) in [4.78, 5) is 2.70. The molecule has 0 fully saturated rings. The van der Waals surface area contributed by atoms with Gasteiger partial charge in [0.1, 0.15) is 8.07 Å². The molecule has 0 aliphatic rings. The van der Waals surface area contributed by atoms with Gasteiger partial charge in [-0.3, -0.25) is 0 Å². The number of azide groups is 1. The third-order valence-electron chi connectivity index (χ3n) is 2.78. The number of rotatable bonds is 5. The van der Waals surface area contributed by atoms with Crippen molar-refractivity contribution < 1.29 is 0 Å². The molecule has 0 aromatic rings. The van der Waals surface area contributed by atoms with Gasteiger partial charge in [0.2, 0.25) is 0 Å². The van der Waals surface area contributed by atoms with Gasteiger partial charge >= 0.3 is 0 Å². The molecule has 0 radical (unpaired) electrons. The third kappa shape index (κ3) is 4.36. The van der Waals surface area contributed by atoms with Gasteiger partial charge in [0.25, 0.3) is 0 Å². The Kier molecular flexibility index (Phi) is 7.00. The summed E-state index contributed by atoms with van der Waals surface area (Å²) < 4.78 is 0. The Bertz CT molecular complexity index is 246. The van der Waals surface area contributed by atoms with E-state index in [1.54, 1.807) is 0 Å². The molecule has 0 N–H and O–H groups in total. The predicted molar refractivity (Wildman–Crippen MR) is 63.6 cm³/mol. The van der Waals surface area contributed by atoms with E-state index in [1.807, 2.05) is 0 Å². The van der Waals surface area contributed by atoms with Gasteiger partial charge in [-0.15, -0.1) is 11.5 Å². The lowest BCUT2D eigenvalue weighted by molar-refractivity contribution is 1.01. The number of hydrogen-bond donors (Lipinski definition) is 0. The monoisotopic (exact) mass is 209 g/mol. The summed E-state index contributed by atoms with van der Waals surface area (Å²) in [5.41, 5.74) is 11.5. The lowest BCUT2D eigenvalue weighted by atomic mass is 10.5. The number of nitrogens with zero attached hydrogens (tertiary/aromatic N) is 3. The van der Waals surface area contributed by atoms with Crippen LogP contribution in [0, 0.1) is 11.5 Å². The van der Waals surface area contributed by atoms with Crippen molar-refractivity contribution in [1.82, 2.24) is 0 Å². The molecule has 4 heteroatoms. The topological polar surface area (TPSA) is 48.8 Å². The minimum absolute atomic E-state index is 0.505. The Labute approximate surface area is 87.5 Å². The van der Waals surface area contributed by atoms with E-state index in [9.17, 15) is 0 Å². The Morgan fingerprint density at radius 3 is 2.21 bits per heavy atom. The average molecular weight is 209 g/mol. The Hall–Kier alpha value is -0.913. The van der Waals surface area contributed by atoms with Crippen LogP contribution in [0.4, 0.5) is 0 Å². The van der Waals surface area contributed by atoms with Crippen LogP contribution >= 0.6 is 0 Å². The fourth-order valence-electron chi connectivity index (χ4n) is 1.42. The molecule has 78 valence electrons. The smallest absolute Gasteiger partial charge is 0.131 e. The molecule has 0 bridgehead atoms. The molecule has 0 saturated heterocycles. The first-order valence-electron chi connectivity index (χ1n) is 5.25. The van der Waals surface area contributed by atoms with E-state index in [4.69, 9.17) is 5.53 Å². The van der Waals surface area contributed by atoms with E-state index in [0.717, 1.165) is 0 Å². The van der Waals surface area contributed by atoms with Gasteiger partial charge < -0.3 is 0 Å². The lowest BCUT2D eigenvalue weighted by Crippen LogP contribution is -2.29. The summed E-state index contributed by atoms with van der Waals surface area (Å²) in [6, 6.07) is 3.69. The first-order chi connectivity index (χ1) is 6.74. The van der Waals surface area contributed by atoms with Crippen molar-refractivity contribution in [1.29, 1.82) is 0 Å². The zero-order valence-corrected chi connectivity index (χ0v) is 10.4. The minimum atomic E-state index is -1.27. The van der Waals surface area contributed by atoms with E-state index >= 15 is 0 Å². The van der Waals surface area contributed by atoms with E-state index < -0.39 is 8.07 Å². The largest absolute Gasteiger partial charge is 0.137 e. The summed E-state index contributed by atoms with van der Waals surface area (Å²) in [5.74, 6) is 3.16. The summed E-state index contributed by atoms with van der Waals surface area (Å²) >= 11 is 0. The van der Waals surface area contributed by atoms with Crippen LogP contribution in [-0.4, -0.2) is 14.6 Å². The molecule has 3 nitrogen and oxygen atoms in total. The highest BCUT2D eigenvalue weighted by Gasteiger charge is 2.23. The van der Waals surface area contributed by atoms with Crippen LogP contribution < -0.4 is 0 Å². The van der Waals surface area contributed by atoms with E-state index in [1.165, 1.54) is 18.1 Å². The van der Waals surface area contributed by atoms with Gasteiger partial charge in [0.15, 0.2) is 0 Å². The molecule has 0 amide bonds. The highest BCUT2D eigenvalue weighted by atomic mass is 28.3. The van der Waals surface area contributed by atoms with Crippen molar-refractivity contribution in [2.24, 2.45) is 5.11 Å². The Morgan fingerprint density at radius 1 is 1.21 bits per heavy atom. The van der Waals surface area contributed by atoms with Crippen molar-refractivity contribution in [3.8, 4) is 11.5 Å². The Balaban J connectivity index is 4.20. The maximum absolute atomic E-state index is 8.08. The first kappa shape index (κ1) is 13.1. The van der Waals surface area contributed by atoms with E-state index in [-0.39, 0.29) is 0 Å². The molecule has 0 saturated carbocycles. The molecular formula is C10H19N3Si. The van der Waals surface area contributed by atoms with Crippen molar-refractivity contribution in [3.05, 3.63) is 10.4 Å². The third-order valence-corrected chi connectivity index (χ3v) is 7.55. The second-order valence-corrected chi connectivity index (χ2v) is 8.28. The summed E-state index contributed by atoms with van der Waals surface area (Å²) in [7, 11) is -1.27. The van der Waals surface area contributed by atoms with Crippen LogP contribution in [0.3, 0.4) is 0 Å². The van der Waals surface area contributed by atoms with Gasteiger partial charge in [0.05, 0.1) is 0 Å². The van der Waals surface area contributed by atoms with Crippen LogP contribution in [0.5, 0.6) is 0 Å². The molecule has 0 aromatic heterocycles. The number of hydrogen-bond acceptors (Lipinski definition) is 1. The van der Waals surface area contributed by atoms with Gasteiger partial charge in [0, 0.05) is 17.9 Å². The Morgan fingerprint density at radius 2 is 1.79 bits per heavy atom. The molecule has 0 aliphatic carbocycles. The van der Waals surface area contributed by atoms with Gasteiger partial charge in [-0.1, -0.05) is 25.9 Å². The molecule has 0 aromatic carbocycles. The molecule has 0 rings (SSSR count). The molecule has 0 spiro atoms. The standard InChI is InChI=1S/C10H19N3Si/c1-4-14(5-2,6-3)10-8-7-9-12-13-11/h4-7,9H2,1-3H3. The van der Waals surface area contributed by atoms with Crippen LogP contribution in [0.15, 0.2) is 5.11 Å². The maximum Gasteiger partial charge on any atom is 0.137 e. The van der Waals surface area contributed by atoms with E-state index in [2.05, 4.69) is 42.3 Å². The van der Waals surface area contributed by atoms with Crippen molar-refractivity contribution in [2.75, 3.05) is 6.54 Å². The van der Waals surface area contributed by atoms with Gasteiger partial charge in [-0.05, 0) is 23.7 Å². The van der Waals surface area contributed by atoms with Crippen LogP contribution in [0.1, 0.15) is 27.2 Å². The minimum Gasteiger partial charge on any atom is -0.131 e. The van der Waals surface area contributed by atoms with Crippen molar-refractivity contribution in [3.63, 3.8) is 0 Å². The molecule has 0 heterocycles. The fourth-order valence-corrected chi connectivity index (χ4v) is 3.95. The summed E-state index contributed by atoms with van der Waals surface area (Å²) in [6.07, 6.45) is 0.707. The SMILES string of the molecule is CC[Si](C#CCCN=[N+]=[N-])(CC)CC. The fraction of sp³-hybridized carbons (Fsp3) is 0.800. The van der Waals surface area contributed by atoms with Gasteiger partial charge in [-0.25, -0.2) is 0 Å². The first-order valence-corrected chi connectivity index (χ1v) is 7.87. The summed E-state index contributed by atoms with van der Waals surface area (Å²) in [6.45, 7) is 7.22. The highest BCUT2D eigenvalue weighted by Crippen LogP contribution is 2.18. The van der Waals surface area contributed by atoms with Crippen LogP contribution in [0.2, 0.25) is 18.1 Å².